The van der Waals surface area contributed by atoms with E-state index in [1.165, 1.54) is 5.56 Å². The molecule has 120 valence electrons. The van der Waals surface area contributed by atoms with Crippen molar-refractivity contribution in [2.45, 2.75) is 19.8 Å². The third-order valence-corrected chi connectivity index (χ3v) is 3.92. The van der Waals surface area contributed by atoms with Gasteiger partial charge in [-0.25, -0.2) is 4.98 Å². The average Bonchev–Trinajstić information content (AvgIpc) is 2.61. The fourth-order valence-electron chi connectivity index (χ4n) is 2.68. The van der Waals surface area contributed by atoms with E-state index in [9.17, 15) is 4.79 Å². The van der Waals surface area contributed by atoms with E-state index in [0.29, 0.717) is 11.4 Å². The summed E-state index contributed by atoms with van der Waals surface area (Å²) in [5.41, 5.74) is 3.90. The Hall–Kier alpha value is -2.94. The fraction of sp³-hybridized carbons (Fsp3) is 0.143. The van der Waals surface area contributed by atoms with Crippen LogP contribution in [0.25, 0.3) is 0 Å². The molecule has 1 heterocycles. The number of nitrogens with one attached hydrogen (secondary N) is 1. The summed E-state index contributed by atoms with van der Waals surface area (Å²) >= 11 is 0. The first-order valence-electron chi connectivity index (χ1n) is 8.09. The van der Waals surface area contributed by atoms with Gasteiger partial charge in [-0.3, -0.25) is 4.79 Å². The van der Waals surface area contributed by atoms with Gasteiger partial charge in [-0.05, 0) is 49.1 Å². The molecular weight excluding hydrogens is 296 g/mol. The molecule has 3 rings (SSSR count). The summed E-state index contributed by atoms with van der Waals surface area (Å²) < 4.78 is 0. The number of benzene rings is 2. The summed E-state index contributed by atoms with van der Waals surface area (Å²) in [6.45, 7) is 1.91. The summed E-state index contributed by atoms with van der Waals surface area (Å²) in [5.74, 6) is 0.467. The van der Waals surface area contributed by atoms with Gasteiger partial charge in [-0.1, -0.05) is 54.6 Å². The van der Waals surface area contributed by atoms with E-state index in [1.54, 1.807) is 6.07 Å². The molecule has 0 bridgehead atoms. The van der Waals surface area contributed by atoms with E-state index >= 15 is 0 Å². The lowest BCUT2D eigenvalue weighted by Gasteiger charge is -2.10. The minimum atomic E-state index is -0.114. The molecular formula is C21H20N2O. The summed E-state index contributed by atoms with van der Waals surface area (Å²) in [6, 6.07) is 23.7. The Morgan fingerprint density at radius 3 is 2.42 bits per heavy atom. The molecule has 1 N–H and O–H groups in total. The Labute approximate surface area is 142 Å². The minimum Gasteiger partial charge on any atom is -0.307 e. The van der Waals surface area contributed by atoms with Crippen LogP contribution >= 0.6 is 0 Å². The highest BCUT2D eigenvalue weighted by Gasteiger charge is 2.11. The van der Waals surface area contributed by atoms with Crippen molar-refractivity contribution in [1.29, 1.82) is 0 Å². The Morgan fingerprint density at radius 1 is 0.875 bits per heavy atom. The zero-order chi connectivity index (χ0) is 16.8. The molecule has 0 fully saturated rings. The number of pyridine rings is 1. The van der Waals surface area contributed by atoms with Gasteiger partial charge in [-0.15, -0.1) is 0 Å². The van der Waals surface area contributed by atoms with Crippen molar-refractivity contribution in [3.05, 3.63) is 95.2 Å². The van der Waals surface area contributed by atoms with Crippen molar-refractivity contribution in [2.24, 2.45) is 0 Å². The van der Waals surface area contributed by atoms with Crippen molar-refractivity contribution in [3.8, 4) is 0 Å². The number of amides is 1. The molecule has 0 saturated carbocycles. The van der Waals surface area contributed by atoms with Crippen LogP contribution in [0.3, 0.4) is 0 Å². The normalized spacial score (nSPS) is 10.4. The molecule has 2 aromatic carbocycles. The predicted octanol–water partition coefficient (Wildman–Crippen LogP) is 4.43. The van der Waals surface area contributed by atoms with Gasteiger partial charge in [0.1, 0.15) is 5.82 Å². The van der Waals surface area contributed by atoms with Crippen LogP contribution in [0.15, 0.2) is 72.8 Å². The molecule has 0 spiro atoms. The zero-order valence-corrected chi connectivity index (χ0v) is 13.7. The Morgan fingerprint density at radius 2 is 1.62 bits per heavy atom. The highest BCUT2D eigenvalue weighted by molar-refractivity contribution is 6.04. The molecule has 0 saturated heterocycles. The number of rotatable bonds is 5. The smallest absolute Gasteiger partial charge is 0.257 e. The van der Waals surface area contributed by atoms with Crippen molar-refractivity contribution < 1.29 is 4.79 Å². The van der Waals surface area contributed by atoms with Crippen LogP contribution in [0.5, 0.6) is 0 Å². The van der Waals surface area contributed by atoms with Crippen LogP contribution in [0.1, 0.15) is 27.2 Å². The number of anilines is 1. The lowest BCUT2D eigenvalue weighted by atomic mass is 9.99. The standard InChI is InChI=1S/C21H20N2O/c1-16-8-7-13-20(22-16)23-21(24)19-12-6-5-11-18(19)15-14-17-9-3-2-4-10-17/h2-13H,14-15H2,1H3,(H,22,23,24). The number of hydrogen-bond acceptors (Lipinski definition) is 2. The highest BCUT2D eigenvalue weighted by atomic mass is 16.1. The Kier molecular flexibility index (Phi) is 5.02. The number of hydrogen-bond donors (Lipinski definition) is 1. The second kappa shape index (κ2) is 7.55. The third kappa shape index (κ3) is 4.07. The summed E-state index contributed by atoms with van der Waals surface area (Å²) in [4.78, 5) is 16.9. The van der Waals surface area contributed by atoms with E-state index in [0.717, 1.165) is 24.1 Å². The largest absolute Gasteiger partial charge is 0.307 e. The second-order valence-electron chi connectivity index (χ2n) is 5.76. The topological polar surface area (TPSA) is 42.0 Å². The molecule has 3 nitrogen and oxygen atoms in total. The molecule has 0 aliphatic carbocycles. The van der Waals surface area contributed by atoms with Gasteiger partial charge < -0.3 is 5.32 Å². The van der Waals surface area contributed by atoms with Gasteiger partial charge in [0.2, 0.25) is 0 Å². The van der Waals surface area contributed by atoms with Crippen molar-refractivity contribution in [3.63, 3.8) is 0 Å². The van der Waals surface area contributed by atoms with Crippen molar-refractivity contribution >= 4 is 11.7 Å². The van der Waals surface area contributed by atoms with Gasteiger partial charge in [0, 0.05) is 11.3 Å². The highest BCUT2D eigenvalue weighted by Crippen LogP contribution is 2.15. The second-order valence-corrected chi connectivity index (χ2v) is 5.76. The molecule has 0 radical (unpaired) electrons. The van der Waals surface area contributed by atoms with E-state index in [-0.39, 0.29) is 5.91 Å². The Balaban J connectivity index is 1.74. The summed E-state index contributed by atoms with van der Waals surface area (Å²) in [5, 5.41) is 2.89. The number of aryl methyl sites for hydroxylation is 3. The zero-order valence-electron chi connectivity index (χ0n) is 13.7. The van der Waals surface area contributed by atoms with E-state index < -0.39 is 0 Å². The monoisotopic (exact) mass is 316 g/mol. The Bertz CT molecular complexity index is 828. The number of aromatic nitrogens is 1. The molecule has 1 amide bonds. The lowest BCUT2D eigenvalue weighted by molar-refractivity contribution is 0.102. The summed E-state index contributed by atoms with van der Waals surface area (Å²) in [6.07, 6.45) is 1.74. The van der Waals surface area contributed by atoms with Gasteiger partial charge in [-0.2, -0.15) is 0 Å². The fourth-order valence-corrected chi connectivity index (χ4v) is 2.68. The average molecular weight is 316 g/mol. The molecule has 1 aromatic heterocycles. The first-order valence-corrected chi connectivity index (χ1v) is 8.09. The quantitative estimate of drug-likeness (QED) is 0.756. The predicted molar refractivity (Wildman–Crippen MR) is 97.2 cm³/mol. The number of nitrogens with zero attached hydrogens (tertiary/aromatic N) is 1. The van der Waals surface area contributed by atoms with Crippen LogP contribution in [-0.4, -0.2) is 10.9 Å². The van der Waals surface area contributed by atoms with Crippen LogP contribution in [0.4, 0.5) is 5.82 Å². The van der Waals surface area contributed by atoms with Crippen LogP contribution in [-0.2, 0) is 12.8 Å². The van der Waals surface area contributed by atoms with Crippen molar-refractivity contribution in [2.75, 3.05) is 5.32 Å². The van der Waals surface area contributed by atoms with Crippen LogP contribution in [0, 0.1) is 6.92 Å². The number of carbonyl (C=O) groups excluding carboxylic acids is 1. The SMILES string of the molecule is Cc1cccc(NC(=O)c2ccccc2CCc2ccccc2)n1. The molecule has 0 atom stereocenters. The van der Waals surface area contributed by atoms with Gasteiger partial charge in [0.05, 0.1) is 0 Å². The maximum Gasteiger partial charge on any atom is 0.257 e. The van der Waals surface area contributed by atoms with E-state index in [1.807, 2.05) is 61.5 Å². The van der Waals surface area contributed by atoms with Crippen molar-refractivity contribution in [1.82, 2.24) is 4.98 Å². The lowest BCUT2D eigenvalue weighted by Crippen LogP contribution is -2.15. The number of carbonyl (C=O) groups is 1. The molecule has 0 unspecified atom stereocenters. The molecule has 24 heavy (non-hydrogen) atoms. The molecule has 0 aliphatic heterocycles. The van der Waals surface area contributed by atoms with Gasteiger partial charge in [0.25, 0.3) is 5.91 Å². The molecule has 3 aromatic rings. The first kappa shape index (κ1) is 15.9. The van der Waals surface area contributed by atoms with Gasteiger partial charge >= 0.3 is 0 Å². The summed E-state index contributed by atoms with van der Waals surface area (Å²) in [7, 11) is 0. The maximum atomic E-state index is 12.6. The minimum absolute atomic E-state index is 0.114. The maximum absolute atomic E-state index is 12.6. The van der Waals surface area contributed by atoms with Crippen LogP contribution < -0.4 is 5.32 Å². The van der Waals surface area contributed by atoms with E-state index in [2.05, 4.69) is 22.4 Å². The third-order valence-electron chi connectivity index (χ3n) is 3.92. The van der Waals surface area contributed by atoms with Gasteiger partial charge in [0.15, 0.2) is 0 Å². The van der Waals surface area contributed by atoms with Crippen LogP contribution in [0.2, 0.25) is 0 Å². The first-order chi connectivity index (χ1) is 11.7. The molecule has 0 aliphatic rings. The molecule has 3 heteroatoms. The van der Waals surface area contributed by atoms with E-state index in [4.69, 9.17) is 0 Å².